The van der Waals surface area contributed by atoms with Gasteiger partial charge >= 0.3 is 0 Å². The zero-order valence-corrected chi connectivity index (χ0v) is 69.6. The lowest BCUT2D eigenvalue weighted by atomic mass is 10.2. The van der Waals surface area contributed by atoms with Crippen LogP contribution in [0.5, 0.6) is 34.5 Å². The molecular formula is C85H140N18O9. The van der Waals surface area contributed by atoms with Crippen molar-refractivity contribution in [1.82, 2.24) is 29.4 Å². The number of fused-ring (bicyclic) bond motifs is 6. The van der Waals surface area contributed by atoms with E-state index < -0.39 is 0 Å². The lowest BCUT2D eigenvalue weighted by Gasteiger charge is -2.36. The van der Waals surface area contributed by atoms with Crippen molar-refractivity contribution in [3.05, 3.63) is 109 Å². The fourth-order valence-electron chi connectivity index (χ4n) is 14.4. The Hall–Kier alpha value is -8.64. The van der Waals surface area contributed by atoms with Crippen LogP contribution in [0, 0.1) is 0 Å². The van der Waals surface area contributed by atoms with Crippen LogP contribution in [0.15, 0.2) is 109 Å². The number of nitrogen functional groups attached to an aromatic ring is 6. The first-order chi connectivity index (χ1) is 54.0. The number of ether oxygens (including phenoxy) is 6. The molecule has 12 rings (SSSR count). The molecule has 0 atom stereocenters. The van der Waals surface area contributed by atoms with Gasteiger partial charge in [0, 0.05) is 168 Å². The average molecular weight is 1560 g/mol. The minimum absolute atomic E-state index is 0.125. The summed E-state index contributed by atoms with van der Waals surface area (Å²) in [5.41, 5.74) is 46.1. The zero-order valence-electron chi connectivity index (χ0n) is 69.6. The summed E-state index contributed by atoms with van der Waals surface area (Å²) < 4.78 is 33.9. The van der Waals surface area contributed by atoms with Crippen molar-refractivity contribution in [3.8, 4) is 34.5 Å². The summed E-state index contributed by atoms with van der Waals surface area (Å²) in [6.07, 6.45) is 3.22. The van der Waals surface area contributed by atoms with Crippen molar-refractivity contribution in [2.75, 3.05) is 309 Å². The Bertz CT molecular complexity index is 3640. The lowest BCUT2D eigenvalue weighted by Crippen LogP contribution is -2.44. The summed E-state index contributed by atoms with van der Waals surface area (Å²) in [5.74, 6) is 5.39. The maximum atomic E-state index is 9.01. The van der Waals surface area contributed by atoms with Crippen LogP contribution in [-0.4, -0.2) is 302 Å². The van der Waals surface area contributed by atoms with Crippen LogP contribution in [-0.2, 0) is 0 Å². The van der Waals surface area contributed by atoms with E-state index in [-0.39, 0.29) is 19.8 Å². The molecule has 624 valence electrons. The van der Waals surface area contributed by atoms with Crippen LogP contribution in [0.25, 0.3) is 0 Å². The second-order valence-electron chi connectivity index (χ2n) is 29.9. The van der Waals surface area contributed by atoms with E-state index in [0.717, 1.165) is 275 Å². The number of aliphatic hydroxyl groups is 3. The highest BCUT2D eigenvalue weighted by molar-refractivity contribution is 5.69. The quantitative estimate of drug-likeness (QED) is 0.0180. The molecule has 0 spiro atoms. The van der Waals surface area contributed by atoms with Gasteiger partial charge in [-0.3, -0.25) is 9.80 Å². The van der Waals surface area contributed by atoms with Crippen LogP contribution >= 0.6 is 0 Å². The maximum Gasteiger partial charge on any atom is 0.144 e. The molecule has 6 heterocycles. The lowest BCUT2D eigenvalue weighted by molar-refractivity contribution is 0.160. The number of benzene rings is 6. The second kappa shape index (κ2) is 48.4. The van der Waals surface area contributed by atoms with Gasteiger partial charge in [0.25, 0.3) is 0 Å². The third-order valence-corrected chi connectivity index (χ3v) is 20.5. The first kappa shape index (κ1) is 90.6. The predicted molar refractivity (Wildman–Crippen MR) is 467 cm³/mol. The summed E-state index contributed by atoms with van der Waals surface area (Å²) in [7, 11) is 8.39. The van der Waals surface area contributed by atoms with E-state index in [1.807, 2.05) is 91.0 Å². The van der Waals surface area contributed by atoms with Gasteiger partial charge in [-0.25, -0.2) is 0 Å². The number of nitrogens with two attached hydrogens (primary N) is 6. The fraction of sp³-hybridized carbons (Fsp3) is 0.576. The normalized spacial score (nSPS) is 14.5. The molecule has 6 aliphatic heterocycles. The molecule has 6 aromatic carbocycles. The number of aliphatic hydroxyl groups excluding tert-OH is 3. The molecule has 112 heavy (non-hydrogen) atoms. The molecule has 0 bridgehead atoms. The number of likely N-dealkylation sites (N-methyl/N-ethyl adjacent to an activating group) is 3. The number of anilines is 12. The molecule has 0 unspecified atom stereocenters. The molecular weight excluding hydrogens is 1420 g/mol. The summed E-state index contributed by atoms with van der Waals surface area (Å²) in [6, 6.07) is 36.4. The van der Waals surface area contributed by atoms with Gasteiger partial charge in [0.2, 0.25) is 0 Å². The van der Waals surface area contributed by atoms with Gasteiger partial charge in [-0.1, -0.05) is 20.8 Å². The van der Waals surface area contributed by atoms with Crippen LogP contribution < -0.4 is 92.2 Å². The average Bonchev–Trinajstić information content (AvgIpc) is 0.851. The van der Waals surface area contributed by atoms with E-state index >= 15 is 0 Å². The van der Waals surface area contributed by atoms with Gasteiger partial charge in [-0.15, -0.1) is 0 Å². The minimum Gasteiger partial charge on any atom is -0.489 e. The fourth-order valence-corrected chi connectivity index (χ4v) is 14.4. The van der Waals surface area contributed by atoms with Crippen molar-refractivity contribution in [2.45, 2.75) is 79.8 Å². The number of nitrogens with zero attached hydrogens (tertiary/aromatic N) is 12. The van der Waals surface area contributed by atoms with E-state index in [0.29, 0.717) is 44.1 Å². The molecule has 0 aromatic heterocycles. The molecule has 0 saturated heterocycles. The highest BCUT2D eigenvalue weighted by atomic mass is 16.5. The SMILES string of the molecule is CC(C)N(CCN1CCOc2cc(N)ccc21)C(C)C.CCN(CC)CCN1CCOc2cc(N)ccc21.CCN(CCO)CCCN1CCOc2cc(N)ccc21.CN(C)CCCN1CCOc2cc(N)ccc21.CN(C)CCN1CCOc2cc(N)ccc21.Nc1ccc2c(c1)OCCN2CCCN(CCO)CCO. The zero-order chi connectivity index (χ0) is 80.9. The minimum atomic E-state index is 0.125. The Balaban J connectivity index is 0.000000187. The molecule has 27 heteroatoms. The monoisotopic (exact) mass is 1560 g/mol. The van der Waals surface area contributed by atoms with Gasteiger partial charge in [-0.2, -0.15) is 0 Å². The molecule has 0 saturated carbocycles. The van der Waals surface area contributed by atoms with E-state index in [9.17, 15) is 0 Å². The predicted octanol–water partition coefficient (Wildman–Crippen LogP) is 8.16. The van der Waals surface area contributed by atoms with Crippen LogP contribution in [0.3, 0.4) is 0 Å². The van der Waals surface area contributed by atoms with Crippen LogP contribution in [0.2, 0.25) is 0 Å². The first-order valence-electron chi connectivity index (χ1n) is 40.7. The van der Waals surface area contributed by atoms with Gasteiger partial charge < -0.3 is 127 Å². The third-order valence-electron chi connectivity index (χ3n) is 20.5. The van der Waals surface area contributed by atoms with Gasteiger partial charge in [0.15, 0.2) is 0 Å². The molecule has 15 N–H and O–H groups in total. The summed E-state index contributed by atoms with van der Waals surface area (Å²) in [5, 5.41) is 27.0. The van der Waals surface area contributed by atoms with Crippen molar-refractivity contribution < 1.29 is 43.7 Å². The van der Waals surface area contributed by atoms with E-state index in [1.165, 1.54) is 11.4 Å². The molecule has 0 amide bonds. The number of hydrogen-bond donors (Lipinski definition) is 9. The molecule has 6 aromatic rings. The smallest absolute Gasteiger partial charge is 0.144 e. The highest BCUT2D eigenvalue weighted by Crippen LogP contribution is 2.39. The maximum absolute atomic E-state index is 9.01. The molecule has 27 nitrogen and oxygen atoms in total. The van der Waals surface area contributed by atoms with Gasteiger partial charge in [0.05, 0.1) is 93.2 Å². The Labute approximate surface area is 670 Å². The number of hydrogen-bond acceptors (Lipinski definition) is 27. The van der Waals surface area contributed by atoms with E-state index in [1.54, 1.807) is 0 Å². The topological polar surface area (TPSA) is 311 Å². The van der Waals surface area contributed by atoms with Crippen molar-refractivity contribution in [3.63, 3.8) is 0 Å². The summed E-state index contributed by atoms with van der Waals surface area (Å²) in [4.78, 5) is 27.9. The Kier molecular flexibility index (Phi) is 39.2. The third kappa shape index (κ3) is 29.7. The first-order valence-corrected chi connectivity index (χ1v) is 40.7. The van der Waals surface area contributed by atoms with Crippen molar-refractivity contribution in [2.24, 2.45) is 0 Å². The summed E-state index contributed by atoms with van der Waals surface area (Å²) >= 11 is 0. The Morgan fingerprint density at radius 1 is 0.304 bits per heavy atom. The summed E-state index contributed by atoms with van der Waals surface area (Å²) in [6.45, 7) is 43.5. The molecule has 0 radical (unpaired) electrons. The van der Waals surface area contributed by atoms with Gasteiger partial charge in [-0.05, 0) is 181 Å². The Morgan fingerprint density at radius 3 is 0.804 bits per heavy atom. The Morgan fingerprint density at radius 2 is 0.545 bits per heavy atom. The van der Waals surface area contributed by atoms with E-state index in [2.05, 4.69) is 154 Å². The number of rotatable bonds is 32. The highest BCUT2D eigenvalue weighted by Gasteiger charge is 2.25. The molecule has 0 fully saturated rings. The standard InChI is InChI=1S/C16H27N3O.C15H25N3O3.C15H25N3O2.C14H23N3O.C13H21N3O.C12H19N3O/c1-12(2)19(13(3)4)8-7-18-9-10-20-16-11-14(17)5-6-15(16)18;16-13-2-3-14-15(12-13)21-11-8-18(14)5-1-4-17(6-9-19)7-10-20;1-2-17(8-10-19)6-3-7-18-9-11-20-15-12-13(16)4-5-14(15)18;1-3-16(4-2)7-8-17-9-10-18-14-11-12(15)5-6-13(14)17;1-15(2)6-3-7-16-8-9-17-13-10-11(14)4-5-12(13)16;1-14(2)5-6-15-7-8-16-12-9-10(13)3-4-11(12)15/h5-6,11-13H,7-10,17H2,1-4H3;2-3,12,19-20H,1,4-11,16H2;4-5,12,19H,2-3,6-11,16H2,1H3;5-6,11H,3-4,7-10,15H2,1-2H3;4-5,10H,3,6-9,14H2,1-2H3;3-4,9H,5-8,13H2,1-2H3. The van der Waals surface area contributed by atoms with Crippen LogP contribution in [0.1, 0.15) is 67.7 Å². The molecule has 0 aliphatic carbocycles. The van der Waals surface area contributed by atoms with Crippen molar-refractivity contribution >= 4 is 68.2 Å². The second-order valence-corrected chi connectivity index (χ2v) is 29.9. The van der Waals surface area contributed by atoms with Crippen LogP contribution in [0.4, 0.5) is 68.2 Å². The van der Waals surface area contributed by atoms with Gasteiger partial charge in [0.1, 0.15) is 74.1 Å². The molecule has 6 aliphatic rings. The van der Waals surface area contributed by atoms with Crippen molar-refractivity contribution in [1.29, 1.82) is 0 Å². The largest absolute Gasteiger partial charge is 0.489 e. The van der Waals surface area contributed by atoms with E-state index in [4.69, 9.17) is 78.1 Å².